The van der Waals surface area contributed by atoms with Gasteiger partial charge in [-0.1, -0.05) is 11.6 Å². The Morgan fingerprint density at radius 1 is 1.12 bits per heavy atom. The van der Waals surface area contributed by atoms with Crippen LogP contribution in [0.2, 0.25) is 5.02 Å². The van der Waals surface area contributed by atoms with E-state index in [1.165, 1.54) is 37.5 Å². The molecule has 0 aromatic heterocycles. The smallest absolute Gasteiger partial charge is 0.269 e. The number of ether oxygens (including phenoxy) is 1. The maximum absolute atomic E-state index is 12.0. The number of carbonyl (C=O) groups is 2. The normalized spacial score (nSPS) is 10.8. The monoisotopic (exact) mass is 375 g/mol. The van der Waals surface area contributed by atoms with Crippen LogP contribution in [-0.2, 0) is 4.79 Å². The maximum Gasteiger partial charge on any atom is 0.269 e. The van der Waals surface area contributed by atoms with E-state index in [1.54, 1.807) is 25.1 Å². The molecule has 0 saturated carbocycles. The second-order valence-corrected chi connectivity index (χ2v) is 5.70. The van der Waals surface area contributed by atoms with E-state index in [-0.39, 0.29) is 5.75 Å². The summed E-state index contributed by atoms with van der Waals surface area (Å²) in [6.45, 7) is 1.62. The summed E-state index contributed by atoms with van der Waals surface area (Å²) in [5, 5.41) is 12.2. The van der Waals surface area contributed by atoms with E-state index in [4.69, 9.17) is 16.3 Å². The summed E-state index contributed by atoms with van der Waals surface area (Å²) >= 11 is 6.00. The molecule has 2 aromatic carbocycles. The zero-order valence-electron chi connectivity index (χ0n) is 14.2. The van der Waals surface area contributed by atoms with Gasteiger partial charge in [0.05, 0.1) is 12.1 Å². The summed E-state index contributed by atoms with van der Waals surface area (Å²) in [5.74, 6) is -0.217. The van der Waals surface area contributed by atoms with Crippen LogP contribution in [0, 0.1) is 0 Å². The summed E-state index contributed by atoms with van der Waals surface area (Å²) < 4.78 is 5.05. The number of methoxy groups -OCH3 is 1. The van der Waals surface area contributed by atoms with Crippen LogP contribution in [0.5, 0.6) is 11.5 Å². The molecule has 7 nitrogen and oxygen atoms in total. The molecule has 0 aliphatic carbocycles. The number of allylic oxidation sites excluding steroid dienone is 1. The summed E-state index contributed by atoms with van der Waals surface area (Å²) in [6, 6.07) is 10.6. The van der Waals surface area contributed by atoms with Crippen LogP contribution in [0.3, 0.4) is 0 Å². The van der Waals surface area contributed by atoms with Crippen LogP contribution in [0.1, 0.15) is 17.3 Å². The molecule has 0 atom stereocenters. The predicted octanol–water partition coefficient (Wildman–Crippen LogP) is 2.83. The van der Waals surface area contributed by atoms with E-state index in [9.17, 15) is 14.7 Å². The van der Waals surface area contributed by atoms with E-state index in [0.29, 0.717) is 27.7 Å². The minimum atomic E-state index is -0.403. The average Bonchev–Trinajstić information content (AvgIpc) is 2.60. The number of nitrogens with one attached hydrogen (secondary N) is 3. The molecule has 0 aliphatic rings. The molecular weight excluding hydrogens is 358 g/mol. The first-order chi connectivity index (χ1) is 12.4. The Hall–Kier alpha value is -3.19. The maximum atomic E-state index is 12.0. The number of hydrogen-bond donors (Lipinski definition) is 4. The Labute approximate surface area is 155 Å². The fraction of sp³-hybridized carbons (Fsp3) is 0.111. The van der Waals surface area contributed by atoms with Crippen molar-refractivity contribution in [2.75, 3.05) is 12.4 Å². The van der Waals surface area contributed by atoms with Crippen molar-refractivity contribution < 1.29 is 19.4 Å². The Kier molecular flexibility index (Phi) is 6.46. The van der Waals surface area contributed by atoms with Crippen molar-refractivity contribution in [3.63, 3.8) is 0 Å². The van der Waals surface area contributed by atoms with Crippen molar-refractivity contribution in [1.82, 2.24) is 10.9 Å². The Bertz CT molecular complexity index is 835. The number of carbonyl (C=O) groups excluding carboxylic acids is 2. The quantitative estimate of drug-likeness (QED) is 0.459. The molecule has 0 saturated heterocycles. The first-order valence-corrected chi connectivity index (χ1v) is 7.95. The van der Waals surface area contributed by atoms with Crippen LogP contribution in [0.15, 0.2) is 54.2 Å². The Morgan fingerprint density at radius 2 is 1.81 bits per heavy atom. The van der Waals surface area contributed by atoms with Gasteiger partial charge in [-0.05, 0) is 49.4 Å². The topological polar surface area (TPSA) is 99.7 Å². The standard InChI is InChI=1S/C18H18ClN3O4/c1-11(21-22-18(25)12-3-6-14(23)7-4-12)9-17(24)20-13-5-8-16(26-2)15(19)10-13/h3-10,21,23H,1-2H3,(H,20,24)(H,22,25)/b11-9-. The van der Waals surface area contributed by atoms with Crippen molar-refractivity contribution in [2.24, 2.45) is 0 Å². The van der Waals surface area contributed by atoms with E-state index in [0.717, 1.165) is 0 Å². The first kappa shape index (κ1) is 19.1. The number of anilines is 1. The highest BCUT2D eigenvalue weighted by molar-refractivity contribution is 6.32. The summed E-state index contributed by atoms with van der Waals surface area (Å²) in [6.07, 6.45) is 1.29. The van der Waals surface area contributed by atoms with Crippen LogP contribution < -0.4 is 20.9 Å². The number of aromatic hydroxyl groups is 1. The van der Waals surface area contributed by atoms with Gasteiger partial charge in [-0.25, -0.2) is 0 Å². The molecule has 2 rings (SSSR count). The van der Waals surface area contributed by atoms with Crippen LogP contribution >= 0.6 is 11.6 Å². The number of halogens is 1. The SMILES string of the molecule is COc1ccc(NC(=O)/C=C(/C)NNC(=O)c2ccc(O)cc2)cc1Cl. The number of rotatable bonds is 6. The average molecular weight is 376 g/mol. The summed E-state index contributed by atoms with van der Waals surface area (Å²) in [5.41, 5.74) is 6.39. The van der Waals surface area contributed by atoms with E-state index in [2.05, 4.69) is 16.2 Å². The number of phenolic OH excluding ortho intramolecular Hbond substituents is 1. The van der Waals surface area contributed by atoms with Crippen molar-refractivity contribution >= 4 is 29.1 Å². The van der Waals surface area contributed by atoms with E-state index < -0.39 is 11.8 Å². The lowest BCUT2D eigenvalue weighted by atomic mass is 10.2. The zero-order chi connectivity index (χ0) is 19.1. The second kappa shape index (κ2) is 8.77. The van der Waals surface area contributed by atoms with Gasteiger partial charge in [0.1, 0.15) is 11.5 Å². The third kappa shape index (κ3) is 5.42. The molecule has 0 unspecified atom stereocenters. The molecule has 0 radical (unpaired) electrons. The third-order valence-electron chi connectivity index (χ3n) is 3.27. The largest absolute Gasteiger partial charge is 0.508 e. The van der Waals surface area contributed by atoms with E-state index >= 15 is 0 Å². The fourth-order valence-corrected chi connectivity index (χ4v) is 2.25. The van der Waals surface area contributed by atoms with Gasteiger partial charge in [0.25, 0.3) is 5.91 Å². The van der Waals surface area contributed by atoms with Gasteiger partial charge in [0, 0.05) is 23.0 Å². The lowest BCUT2D eigenvalue weighted by Crippen LogP contribution is -2.36. The number of hydrogen-bond acceptors (Lipinski definition) is 5. The number of benzene rings is 2. The molecule has 8 heteroatoms. The van der Waals surface area contributed by atoms with Crippen LogP contribution in [0.25, 0.3) is 0 Å². The molecule has 0 spiro atoms. The minimum absolute atomic E-state index is 0.0703. The molecular formula is C18H18ClN3O4. The predicted molar refractivity (Wildman–Crippen MR) is 99.1 cm³/mol. The molecule has 0 aliphatic heterocycles. The van der Waals surface area contributed by atoms with Crippen molar-refractivity contribution in [2.45, 2.75) is 6.92 Å². The fourth-order valence-electron chi connectivity index (χ4n) is 2.00. The highest BCUT2D eigenvalue weighted by atomic mass is 35.5. The van der Waals surface area contributed by atoms with Gasteiger partial charge < -0.3 is 20.6 Å². The van der Waals surface area contributed by atoms with Gasteiger partial charge in [0.15, 0.2) is 0 Å². The van der Waals surface area contributed by atoms with Crippen LogP contribution in [-0.4, -0.2) is 24.0 Å². The highest BCUT2D eigenvalue weighted by Crippen LogP contribution is 2.27. The molecule has 0 bridgehead atoms. The highest BCUT2D eigenvalue weighted by Gasteiger charge is 2.06. The minimum Gasteiger partial charge on any atom is -0.508 e. The molecule has 2 aromatic rings. The molecule has 2 amide bonds. The number of amides is 2. The molecule has 4 N–H and O–H groups in total. The lowest BCUT2D eigenvalue weighted by molar-refractivity contribution is -0.112. The van der Waals surface area contributed by atoms with Gasteiger partial charge in [0.2, 0.25) is 5.91 Å². The summed E-state index contributed by atoms with van der Waals surface area (Å²) in [4.78, 5) is 23.9. The van der Waals surface area contributed by atoms with Crippen molar-refractivity contribution in [3.8, 4) is 11.5 Å². The molecule has 26 heavy (non-hydrogen) atoms. The van der Waals surface area contributed by atoms with Gasteiger partial charge >= 0.3 is 0 Å². The van der Waals surface area contributed by atoms with Crippen LogP contribution in [0.4, 0.5) is 5.69 Å². The lowest BCUT2D eigenvalue weighted by Gasteiger charge is -2.10. The van der Waals surface area contributed by atoms with E-state index in [1.807, 2.05) is 0 Å². The molecule has 136 valence electrons. The number of hydrazine groups is 1. The van der Waals surface area contributed by atoms with Gasteiger partial charge in [-0.15, -0.1) is 0 Å². The number of phenols is 1. The Balaban J connectivity index is 1.90. The third-order valence-corrected chi connectivity index (χ3v) is 3.56. The Morgan fingerprint density at radius 3 is 2.42 bits per heavy atom. The van der Waals surface area contributed by atoms with Gasteiger partial charge in [-0.2, -0.15) is 0 Å². The molecule has 0 heterocycles. The van der Waals surface area contributed by atoms with Crippen molar-refractivity contribution in [3.05, 3.63) is 64.8 Å². The zero-order valence-corrected chi connectivity index (χ0v) is 14.9. The summed E-state index contributed by atoms with van der Waals surface area (Å²) in [7, 11) is 1.50. The first-order valence-electron chi connectivity index (χ1n) is 7.57. The second-order valence-electron chi connectivity index (χ2n) is 5.29. The van der Waals surface area contributed by atoms with Crippen molar-refractivity contribution in [1.29, 1.82) is 0 Å². The molecule has 0 fully saturated rings. The van der Waals surface area contributed by atoms with Gasteiger partial charge in [-0.3, -0.25) is 15.0 Å².